The number of carbonyl (C=O) groups excluding carboxylic acids is 6. The lowest BCUT2D eigenvalue weighted by molar-refractivity contribution is -0.305. The van der Waals surface area contributed by atoms with Crippen molar-refractivity contribution < 1.29 is 87.1 Å². The molecule has 0 aromatic carbocycles. The molecule has 6 amide bonds. The van der Waals surface area contributed by atoms with Gasteiger partial charge >= 0.3 is 30.5 Å². The molecule has 2 aliphatic heterocycles. The molecular formula is C53H93N7O18. The molecule has 0 spiro atoms. The average molecular weight is 1120 g/mol. The van der Waals surface area contributed by atoms with Gasteiger partial charge in [-0.3, -0.25) is 4.79 Å². The van der Waals surface area contributed by atoms with Gasteiger partial charge in [0.1, 0.15) is 63.8 Å². The van der Waals surface area contributed by atoms with E-state index in [9.17, 15) is 49.2 Å². The molecule has 0 aromatic rings. The minimum absolute atomic E-state index is 0.0543. The Labute approximate surface area is 459 Å². The number of rotatable bonds is 16. The van der Waals surface area contributed by atoms with Crippen molar-refractivity contribution in [3.8, 4) is 0 Å². The van der Waals surface area contributed by atoms with Gasteiger partial charge in [-0.2, -0.15) is 0 Å². The van der Waals surface area contributed by atoms with Crippen LogP contribution in [0.15, 0.2) is 11.8 Å². The quantitative estimate of drug-likeness (QED) is 0.0988. The first-order valence-electron chi connectivity index (χ1n) is 26.9. The molecule has 2 aliphatic carbocycles. The van der Waals surface area contributed by atoms with Gasteiger partial charge in [0, 0.05) is 31.6 Å². The summed E-state index contributed by atoms with van der Waals surface area (Å²) in [4.78, 5) is 80.6. The summed E-state index contributed by atoms with van der Waals surface area (Å²) in [6.45, 7) is 26.8. The Bertz CT molecular complexity index is 2090. The standard InChI is InChI=1S/C53H93N7O18/c1-48(2,3)74-43(65)55-21-20-34(61)41(64)57-33-24-32(59-46(68)77-51(10,11)12)35(36(62)39(33)73-42-37(63)40(53(16,70)27-71-42)60(17)47(69)78-52(13,14)15)38-31(58-45(67)76-50(7,8)9)19-18-30(72-38)26-54-25-28-22-29(23-28)56-44(66)75-49(4,5)6/h18,28-29,31-40,42,54,61-63,70H,19-27H2,1-17H3,(H,55,65)(H,56,66)(H,57,64)(H,58,67)(H,59,68)/t28?,29?,31-,32+,33-,34+,35-,36+,37-,38?,39+,40-,42-,53+/m1/s1. The van der Waals surface area contributed by atoms with Crippen LogP contribution in [0.2, 0.25) is 0 Å². The second kappa shape index (κ2) is 26.1. The fraction of sp³-hybridized carbons (Fsp3) is 0.849. The number of aliphatic hydroxyl groups excluding tert-OH is 3. The van der Waals surface area contributed by atoms with Crippen LogP contribution in [0.25, 0.3) is 0 Å². The first-order chi connectivity index (χ1) is 35.6. The van der Waals surface area contributed by atoms with Crippen molar-refractivity contribution in [1.29, 1.82) is 0 Å². The van der Waals surface area contributed by atoms with Crippen LogP contribution in [0, 0.1) is 11.8 Å². The van der Waals surface area contributed by atoms with Crippen molar-refractivity contribution in [2.45, 2.75) is 244 Å². The predicted octanol–water partition coefficient (Wildman–Crippen LogP) is 3.57. The number of nitrogens with zero attached hydrogens (tertiary/aromatic N) is 1. The van der Waals surface area contributed by atoms with E-state index in [4.69, 9.17) is 37.9 Å². The molecule has 448 valence electrons. The lowest BCUT2D eigenvalue weighted by atomic mass is 9.72. The third-order valence-electron chi connectivity index (χ3n) is 12.7. The highest BCUT2D eigenvalue weighted by molar-refractivity contribution is 5.81. The summed E-state index contributed by atoms with van der Waals surface area (Å²) in [5.41, 5.74) is -6.21. The SMILES string of the molecule is CN(C(=O)OC(C)(C)C)[C@@H]1[C@@H](O)[C@@H](O[C@@H]2[C@@H](O)[C@H](C3OC(CNCC4CC(NC(=O)OC(C)(C)C)C4)=CC[C@H]3NC(=O)OC(C)(C)C)[C@@H](NC(=O)OC(C)(C)C)C[C@H]2NC(=O)[C@@H](O)CCNC(=O)OC(C)(C)C)OC[C@]1(C)O. The summed E-state index contributed by atoms with van der Waals surface area (Å²) in [6, 6.07) is -4.91. The van der Waals surface area contributed by atoms with Crippen LogP contribution in [0.4, 0.5) is 24.0 Å². The molecule has 2 saturated carbocycles. The summed E-state index contributed by atoms with van der Waals surface area (Å²) in [7, 11) is 1.32. The zero-order valence-corrected chi connectivity index (χ0v) is 48.9. The van der Waals surface area contributed by atoms with E-state index in [2.05, 4.69) is 31.9 Å². The monoisotopic (exact) mass is 1120 g/mol. The normalized spacial score (nSPS) is 30.1. The number of carbonyl (C=O) groups is 6. The van der Waals surface area contributed by atoms with E-state index in [0.29, 0.717) is 25.1 Å². The summed E-state index contributed by atoms with van der Waals surface area (Å²) in [6.07, 6.45) is -11.0. The zero-order valence-electron chi connectivity index (χ0n) is 48.9. The highest BCUT2D eigenvalue weighted by Crippen LogP contribution is 2.39. The van der Waals surface area contributed by atoms with E-state index >= 15 is 0 Å². The minimum Gasteiger partial charge on any atom is -0.491 e. The molecule has 78 heavy (non-hydrogen) atoms. The van der Waals surface area contributed by atoms with Crippen molar-refractivity contribution in [2.24, 2.45) is 11.8 Å². The number of hydrogen-bond acceptors (Lipinski definition) is 19. The van der Waals surface area contributed by atoms with E-state index in [1.807, 2.05) is 0 Å². The van der Waals surface area contributed by atoms with Crippen LogP contribution in [0.3, 0.4) is 0 Å². The van der Waals surface area contributed by atoms with Crippen molar-refractivity contribution in [2.75, 3.05) is 33.3 Å². The Hall–Kier alpha value is -4.92. The first-order valence-corrected chi connectivity index (χ1v) is 26.9. The van der Waals surface area contributed by atoms with Crippen LogP contribution in [0.5, 0.6) is 0 Å². The number of nitrogens with one attached hydrogen (secondary N) is 6. The molecule has 1 unspecified atom stereocenters. The van der Waals surface area contributed by atoms with Gasteiger partial charge in [-0.15, -0.1) is 0 Å². The van der Waals surface area contributed by atoms with Crippen LogP contribution in [-0.2, 0) is 42.7 Å². The zero-order chi connectivity index (χ0) is 59.1. The highest BCUT2D eigenvalue weighted by atomic mass is 16.7. The van der Waals surface area contributed by atoms with Crippen LogP contribution in [0.1, 0.15) is 143 Å². The Kier molecular flexibility index (Phi) is 22.0. The molecule has 4 aliphatic rings. The van der Waals surface area contributed by atoms with E-state index in [-0.39, 0.29) is 44.3 Å². The molecule has 10 N–H and O–H groups in total. The van der Waals surface area contributed by atoms with Gasteiger partial charge in [-0.1, -0.05) is 0 Å². The number of amides is 6. The number of ether oxygens (including phenoxy) is 8. The molecule has 0 bridgehead atoms. The third kappa shape index (κ3) is 21.0. The maximum absolute atomic E-state index is 14.0. The molecular weight excluding hydrogens is 1020 g/mol. The van der Waals surface area contributed by atoms with E-state index in [1.165, 1.54) is 14.0 Å². The Morgan fingerprint density at radius 3 is 1.76 bits per heavy atom. The Morgan fingerprint density at radius 1 is 0.705 bits per heavy atom. The second-order valence-corrected chi connectivity index (χ2v) is 26.1. The van der Waals surface area contributed by atoms with Gasteiger partial charge in [-0.25, -0.2) is 24.0 Å². The molecule has 0 radical (unpaired) electrons. The summed E-state index contributed by atoms with van der Waals surface area (Å²) in [5, 5.41) is 65.1. The van der Waals surface area contributed by atoms with Crippen molar-refractivity contribution in [1.82, 2.24) is 36.8 Å². The molecule has 12 atom stereocenters. The van der Waals surface area contributed by atoms with Gasteiger partial charge in [0.15, 0.2) is 6.29 Å². The van der Waals surface area contributed by atoms with Gasteiger partial charge in [-0.05, 0) is 161 Å². The lowest BCUT2D eigenvalue weighted by Gasteiger charge is -2.52. The van der Waals surface area contributed by atoms with Crippen molar-refractivity contribution in [3.63, 3.8) is 0 Å². The summed E-state index contributed by atoms with van der Waals surface area (Å²) >= 11 is 0. The maximum Gasteiger partial charge on any atom is 0.410 e. The van der Waals surface area contributed by atoms with Gasteiger partial charge < -0.3 is 95.1 Å². The Morgan fingerprint density at radius 2 is 1.22 bits per heavy atom. The van der Waals surface area contributed by atoms with Gasteiger partial charge in [0.25, 0.3) is 0 Å². The number of likely N-dealkylation sites (N-methyl/N-ethyl adjacent to an activating group) is 1. The Balaban J connectivity index is 1.74. The van der Waals surface area contributed by atoms with Crippen molar-refractivity contribution in [3.05, 3.63) is 11.8 Å². The largest absolute Gasteiger partial charge is 0.491 e. The number of aliphatic hydroxyl groups is 4. The molecule has 4 rings (SSSR count). The first kappa shape index (κ1) is 65.6. The highest BCUT2D eigenvalue weighted by Gasteiger charge is 2.57. The van der Waals surface area contributed by atoms with Gasteiger partial charge in [0.05, 0.1) is 37.4 Å². The maximum atomic E-state index is 14.0. The van der Waals surface area contributed by atoms with Crippen LogP contribution >= 0.6 is 0 Å². The smallest absolute Gasteiger partial charge is 0.410 e. The number of alkyl carbamates (subject to hydrolysis) is 4. The molecule has 2 heterocycles. The van der Waals surface area contributed by atoms with E-state index < -0.39 is 143 Å². The van der Waals surface area contributed by atoms with E-state index in [1.54, 1.807) is 110 Å². The molecule has 25 nitrogen and oxygen atoms in total. The topological polar surface area (TPSA) is 333 Å². The van der Waals surface area contributed by atoms with Crippen molar-refractivity contribution >= 4 is 36.4 Å². The fourth-order valence-electron chi connectivity index (χ4n) is 9.62. The predicted molar refractivity (Wildman–Crippen MR) is 283 cm³/mol. The second-order valence-electron chi connectivity index (χ2n) is 26.1. The molecule has 3 fully saturated rings. The molecule has 25 heteroatoms. The minimum atomic E-state index is -1.88. The summed E-state index contributed by atoms with van der Waals surface area (Å²) < 4.78 is 46.8. The third-order valence-corrected chi connectivity index (χ3v) is 12.7. The fourth-order valence-corrected chi connectivity index (χ4v) is 9.62. The number of hydrogen-bond donors (Lipinski definition) is 10. The lowest BCUT2D eigenvalue weighted by Crippen LogP contribution is -2.71. The van der Waals surface area contributed by atoms with Crippen LogP contribution in [-0.4, -0.2) is 196 Å². The summed E-state index contributed by atoms with van der Waals surface area (Å²) in [5.74, 6) is -1.59. The molecule has 1 saturated heterocycles. The van der Waals surface area contributed by atoms with Crippen LogP contribution < -0.4 is 31.9 Å². The van der Waals surface area contributed by atoms with Gasteiger partial charge in [0.2, 0.25) is 5.91 Å². The average Bonchev–Trinajstić information content (AvgIpc) is 3.22. The van der Waals surface area contributed by atoms with E-state index in [0.717, 1.165) is 4.90 Å². The molecule has 0 aromatic heterocycles.